The zero-order chi connectivity index (χ0) is 16.2. The molecule has 0 aliphatic carbocycles. The van der Waals surface area contributed by atoms with Crippen LogP contribution in [0.15, 0.2) is 22.7 Å². The van der Waals surface area contributed by atoms with Crippen LogP contribution >= 0.6 is 27.5 Å². The van der Waals surface area contributed by atoms with Crippen molar-refractivity contribution in [1.82, 2.24) is 0 Å². The molecule has 0 spiro atoms. The number of rotatable bonds is 4. The highest BCUT2D eigenvalue weighted by atomic mass is 79.9. The summed E-state index contributed by atoms with van der Waals surface area (Å²) < 4.78 is 5.81. The maximum absolute atomic E-state index is 12.4. The summed E-state index contributed by atoms with van der Waals surface area (Å²) in [5, 5.41) is 3.09. The summed E-state index contributed by atoms with van der Waals surface area (Å²) in [4.78, 5) is 24.5. The number of hydrogen-bond acceptors (Lipinski definition) is 3. The van der Waals surface area contributed by atoms with Gasteiger partial charge in [-0.25, -0.2) is 0 Å². The third-order valence-electron chi connectivity index (χ3n) is 2.84. The lowest BCUT2D eigenvalue weighted by molar-refractivity contribution is -0.155. The second-order valence-corrected chi connectivity index (χ2v) is 6.99. The summed E-state index contributed by atoms with van der Waals surface area (Å²) in [6.45, 7) is 7.39. The molecular weight excluding hydrogens is 358 g/mol. The first kappa shape index (κ1) is 18.0. The van der Waals surface area contributed by atoms with E-state index in [-0.39, 0.29) is 6.61 Å². The topological polar surface area (TPSA) is 55.4 Å². The lowest BCUT2D eigenvalue weighted by Gasteiger charge is -2.27. The standard InChI is InChI=1S/C15H19BrClNO3/c1-5-21-14(20)12(15(2,3)4)13(19)18-11-7-6-9(16)8-10(11)17/h6-8,12H,5H2,1-4H3,(H,18,19). The molecule has 1 atom stereocenters. The van der Waals surface area contributed by atoms with Gasteiger partial charge < -0.3 is 10.1 Å². The maximum Gasteiger partial charge on any atom is 0.319 e. The van der Waals surface area contributed by atoms with Gasteiger partial charge in [-0.3, -0.25) is 9.59 Å². The van der Waals surface area contributed by atoms with Crippen LogP contribution in [0.2, 0.25) is 5.02 Å². The van der Waals surface area contributed by atoms with Crippen LogP contribution in [-0.4, -0.2) is 18.5 Å². The molecular formula is C15H19BrClNO3. The Labute approximate surface area is 138 Å². The predicted octanol–water partition coefficient (Wildman–Crippen LogP) is 4.27. The fourth-order valence-electron chi connectivity index (χ4n) is 1.88. The van der Waals surface area contributed by atoms with E-state index < -0.39 is 23.2 Å². The Morgan fingerprint density at radius 2 is 2.00 bits per heavy atom. The van der Waals surface area contributed by atoms with Crippen LogP contribution in [0.4, 0.5) is 5.69 Å². The first-order valence-electron chi connectivity index (χ1n) is 6.59. The average molecular weight is 377 g/mol. The lowest BCUT2D eigenvalue weighted by Crippen LogP contribution is -2.40. The number of hydrogen-bond donors (Lipinski definition) is 1. The minimum absolute atomic E-state index is 0.234. The van der Waals surface area contributed by atoms with Crippen molar-refractivity contribution >= 4 is 45.1 Å². The van der Waals surface area contributed by atoms with Crippen LogP contribution in [-0.2, 0) is 14.3 Å². The lowest BCUT2D eigenvalue weighted by atomic mass is 9.80. The Balaban J connectivity index is 2.99. The molecule has 0 saturated carbocycles. The number of nitrogens with one attached hydrogen (secondary N) is 1. The summed E-state index contributed by atoms with van der Waals surface area (Å²) in [7, 11) is 0. The Kier molecular flexibility index (Phi) is 6.23. The monoisotopic (exact) mass is 375 g/mol. The van der Waals surface area contributed by atoms with E-state index in [1.807, 2.05) is 20.8 Å². The zero-order valence-corrected chi connectivity index (χ0v) is 14.8. The fourth-order valence-corrected chi connectivity index (χ4v) is 2.60. The molecule has 1 aromatic carbocycles. The van der Waals surface area contributed by atoms with Crippen molar-refractivity contribution in [1.29, 1.82) is 0 Å². The first-order valence-corrected chi connectivity index (χ1v) is 7.76. The number of halogens is 2. The number of carbonyl (C=O) groups excluding carboxylic acids is 2. The van der Waals surface area contributed by atoms with Crippen molar-refractivity contribution in [2.45, 2.75) is 27.7 Å². The molecule has 0 aliphatic rings. The average Bonchev–Trinajstić information content (AvgIpc) is 2.31. The minimum Gasteiger partial charge on any atom is -0.465 e. The molecule has 0 aromatic heterocycles. The van der Waals surface area contributed by atoms with Gasteiger partial charge in [-0.1, -0.05) is 48.3 Å². The van der Waals surface area contributed by atoms with Gasteiger partial charge >= 0.3 is 5.97 Å². The largest absolute Gasteiger partial charge is 0.465 e. The van der Waals surface area contributed by atoms with E-state index in [9.17, 15) is 9.59 Å². The quantitative estimate of drug-likeness (QED) is 0.631. The third-order valence-corrected chi connectivity index (χ3v) is 3.65. The molecule has 1 rings (SSSR count). The third kappa shape index (κ3) is 5.00. The van der Waals surface area contributed by atoms with E-state index >= 15 is 0 Å². The minimum atomic E-state index is -0.905. The summed E-state index contributed by atoms with van der Waals surface area (Å²) in [6, 6.07) is 5.11. The van der Waals surface area contributed by atoms with Crippen molar-refractivity contribution in [3.8, 4) is 0 Å². The number of amides is 1. The van der Waals surface area contributed by atoms with Crippen LogP contribution in [0.25, 0.3) is 0 Å². The number of anilines is 1. The van der Waals surface area contributed by atoms with Crippen molar-refractivity contribution in [3.63, 3.8) is 0 Å². The van der Waals surface area contributed by atoms with Crippen molar-refractivity contribution in [3.05, 3.63) is 27.7 Å². The Morgan fingerprint density at radius 3 is 2.48 bits per heavy atom. The van der Waals surface area contributed by atoms with Gasteiger partial charge in [0.15, 0.2) is 0 Å². The molecule has 4 nitrogen and oxygen atoms in total. The normalized spacial score (nSPS) is 12.7. The molecule has 0 aliphatic heterocycles. The molecule has 1 amide bonds. The van der Waals surface area contributed by atoms with Gasteiger partial charge in [0.1, 0.15) is 5.92 Å². The predicted molar refractivity (Wildman–Crippen MR) is 87.4 cm³/mol. The van der Waals surface area contributed by atoms with Crippen LogP contribution in [0, 0.1) is 11.3 Å². The number of esters is 1. The van der Waals surface area contributed by atoms with Gasteiger partial charge in [-0.15, -0.1) is 0 Å². The van der Waals surface area contributed by atoms with Gasteiger partial charge in [-0.05, 0) is 30.5 Å². The molecule has 116 valence electrons. The molecule has 1 unspecified atom stereocenters. The van der Waals surface area contributed by atoms with Crippen molar-refractivity contribution in [2.24, 2.45) is 11.3 Å². The van der Waals surface area contributed by atoms with Crippen molar-refractivity contribution in [2.75, 3.05) is 11.9 Å². The highest BCUT2D eigenvalue weighted by molar-refractivity contribution is 9.10. The molecule has 1 aromatic rings. The van der Waals surface area contributed by atoms with Gasteiger partial charge in [0, 0.05) is 4.47 Å². The first-order chi connectivity index (χ1) is 9.66. The van der Waals surface area contributed by atoms with Crippen LogP contribution in [0.3, 0.4) is 0 Å². The summed E-state index contributed by atoms with van der Waals surface area (Å²) in [5.74, 6) is -1.86. The van der Waals surface area contributed by atoms with E-state index in [4.69, 9.17) is 16.3 Å². The second kappa shape index (κ2) is 7.27. The van der Waals surface area contributed by atoms with Gasteiger partial charge in [0.25, 0.3) is 0 Å². The Morgan fingerprint density at radius 1 is 1.38 bits per heavy atom. The maximum atomic E-state index is 12.4. The van der Waals surface area contributed by atoms with Crippen molar-refractivity contribution < 1.29 is 14.3 Å². The second-order valence-electron chi connectivity index (χ2n) is 5.66. The summed E-state index contributed by atoms with van der Waals surface area (Å²) in [5.41, 5.74) is -0.0959. The summed E-state index contributed by atoms with van der Waals surface area (Å²) >= 11 is 9.37. The molecule has 0 bridgehead atoms. The molecule has 1 N–H and O–H groups in total. The van der Waals surface area contributed by atoms with E-state index in [1.165, 1.54) is 0 Å². The Hall–Kier alpha value is -1.07. The molecule has 6 heteroatoms. The highest BCUT2D eigenvalue weighted by Gasteiger charge is 2.39. The fraction of sp³-hybridized carbons (Fsp3) is 0.467. The van der Waals surface area contributed by atoms with Gasteiger partial charge in [0.2, 0.25) is 5.91 Å². The van der Waals surface area contributed by atoms with Gasteiger partial charge in [-0.2, -0.15) is 0 Å². The number of ether oxygens (including phenoxy) is 1. The van der Waals surface area contributed by atoms with Crippen LogP contribution < -0.4 is 5.32 Å². The highest BCUT2D eigenvalue weighted by Crippen LogP contribution is 2.31. The van der Waals surface area contributed by atoms with E-state index in [2.05, 4.69) is 21.2 Å². The number of benzene rings is 1. The molecule has 0 fully saturated rings. The van der Waals surface area contributed by atoms with E-state index in [0.717, 1.165) is 4.47 Å². The van der Waals surface area contributed by atoms with E-state index in [1.54, 1.807) is 25.1 Å². The van der Waals surface area contributed by atoms with Crippen LogP contribution in [0.5, 0.6) is 0 Å². The SMILES string of the molecule is CCOC(=O)C(C(=O)Nc1ccc(Br)cc1Cl)C(C)(C)C. The Bertz CT molecular complexity index is 540. The molecule has 21 heavy (non-hydrogen) atoms. The molecule has 0 radical (unpaired) electrons. The molecule has 0 saturated heterocycles. The van der Waals surface area contributed by atoms with Gasteiger partial charge in [0.05, 0.1) is 17.3 Å². The number of carbonyl (C=O) groups is 2. The smallest absolute Gasteiger partial charge is 0.319 e. The van der Waals surface area contributed by atoms with E-state index in [0.29, 0.717) is 10.7 Å². The molecule has 0 heterocycles. The zero-order valence-electron chi connectivity index (χ0n) is 12.5. The van der Waals surface area contributed by atoms with Crippen LogP contribution in [0.1, 0.15) is 27.7 Å². The summed E-state index contributed by atoms with van der Waals surface area (Å²) in [6.07, 6.45) is 0.